The first-order valence-corrected chi connectivity index (χ1v) is 6.37. The molecule has 2 aliphatic rings. The number of nitrogens with one attached hydrogen (secondary N) is 1. The van der Waals surface area contributed by atoms with Crippen molar-refractivity contribution in [2.24, 2.45) is 0 Å². The lowest BCUT2D eigenvalue weighted by Crippen LogP contribution is -2.40. The highest BCUT2D eigenvalue weighted by Gasteiger charge is 2.24. The predicted molar refractivity (Wildman–Crippen MR) is 61.9 cm³/mol. The van der Waals surface area contributed by atoms with Gasteiger partial charge in [0, 0.05) is 25.2 Å². The largest absolute Gasteiger partial charge is 0.390 e. The lowest BCUT2D eigenvalue weighted by atomic mass is 10.2. The maximum Gasteiger partial charge on any atom is 0.0791 e. The third-order valence-electron chi connectivity index (χ3n) is 3.67. The second kappa shape index (κ2) is 5.28. The Kier molecular flexibility index (Phi) is 4.00. The molecule has 2 aliphatic carbocycles. The van der Waals surface area contributed by atoms with Gasteiger partial charge in [-0.2, -0.15) is 0 Å². The summed E-state index contributed by atoms with van der Waals surface area (Å²) in [6.07, 6.45) is 7.77. The first-order valence-electron chi connectivity index (χ1n) is 6.37. The third-order valence-corrected chi connectivity index (χ3v) is 3.67. The van der Waals surface area contributed by atoms with E-state index in [1.807, 2.05) is 0 Å². The van der Waals surface area contributed by atoms with Crippen molar-refractivity contribution >= 4 is 0 Å². The molecule has 2 saturated carbocycles. The van der Waals surface area contributed by atoms with E-state index in [2.05, 4.69) is 17.3 Å². The van der Waals surface area contributed by atoms with E-state index in [1.165, 1.54) is 38.5 Å². The van der Waals surface area contributed by atoms with E-state index in [0.29, 0.717) is 6.04 Å². The van der Waals surface area contributed by atoms with Crippen molar-refractivity contribution in [3.05, 3.63) is 0 Å². The van der Waals surface area contributed by atoms with Crippen LogP contribution >= 0.6 is 0 Å². The van der Waals surface area contributed by atoms with Crippen molar-refractivity contribution in [1.29, 1.82) is 0 Å². The molecule has 0 radical (unpaired) electrons. The van der Waals surface area contributed by atoms with E-state index < -0.39 is 0 Å². The maximum absolute atomic E-state index is 9.85. The molecule has 1 unspecified atom stereocenters. The zero-order chi connectivity index (χ0) is 10.7. The molecule has 0 aliphatic heterocycles. The zero-order valence-electron chi connectivity index (χ0n) is 9.78. The Morgan fingerprint density at radius 3 is 2.53 bits per heavy atom. The monoisotopic (exact) mass is 212 g/mol. The molecule has 0 heterocycles. The second-order valence-corrected chi connectivity index (χ2v) is 5.21. The van der Waals surface area contributed by atoms with Gasteiger partial charge in [-0.15, -0.1) is 0 Å². The van der Waals surface area contributed by atoms with Crippen molar-refractivity contribution in [3.63, 3.8) is 0 Å². The minimum absolute atomic E-state index is 0.198. The van der Waals surface area contributed by atoms with Gasteiger partial charge in [-0.05, 0) is 32.7 Å². The zero-order valence-corrected chi connectivity index (χ0v) is 9.78. The summed E-state index contributed by atoms with van der Waals surface area (Å²) in [5.41, 5.74) is 0. The Hall–Kier alpha value is -0.120. The molecule has 2 fully saturated rings. The standard InChI is InChI=1S/C12H24N2O/c1-14(11-4-2-3-5-11)9-12(15)8-13-10-6-7-10/h10-13,15H,2-9H2,1H3. The lowest BCUT2D eigenvalue weighted by Gasteiger charge is -2.26. The molecule has 0 aromatic rings. The van der Waals surface area contributed by atoms with Crippen molar-refractivity contribution in [3.8, 4) is 0 Å². The maximum atomic E-state index is 9.85. The quantitative estimate of drug-likeness (QED) is 0.689. The van der Waals surface area contributed by atoms with Crippen LogP contribution in [0.1, 0.15) is 38.5 Å². The molecule has 0 aromatic carbocycles. The fourth-order valence-corrected chi connectivity index (χ4v) is 2.48. The number of likely N-dealkylation sites (N-methyl/N-ethyl adjacent to an activating group) is 1. The summed E-state index contributed by atoms with van der Waals surface area (Å²) >= 11 is 0. The minimum Gasteiger partial charge on any atom is -0.390 e. The molecule has 0 spiro atoms. The number of nitrogens with zero attached hydrogens (tertiary/aromatic N) is 1. The van der Waals surface area contributed by atoms with E-state index in [9.17, 15) is 5.11 Å². The molecule has 88 valence electrons. The molecule has 3 nitrogen and oxygen atoms in total. The van der Waals surface area contributed by atoms with Crippen molar-refractivity contribution in [1.82, 2.24) is 10.2 Å². The van der Waals surface area contributed by atoms with Gasteiger partial charge in [0.15, 0.2) is 0 Å². The van der Waals surface area contributed by atoms with Gasteiger partial charge in [-0.25, -0.2) is 0 Å². The molecular weight excluding hydrogens is 188 g/mol. The molecule has 0 aromatic heterocycles. The Morgan fingerprint density at radius 2 is 1.93 bits per heavy atom. The van der Waals surface area contributed by atoms with Crippen LogP contribution in [0.5, 0.6) is 0 Å². The van der Waals surface area contributed by atoms with Crippen LogP contribution in [-0.4, -0.2) is 48.3 Å². The molecule has 15 heavy (non-hydrogen) atoms. The SMILES string of the molecule is CN(CC(O)CNC1CC1)C1CCCC1. The van der Waals surface area contributed by atoms with Gasteiger partial charge in [0.1, 0.15) is 0 Å². The topological polar surface area (TPSA) is 35.5 Å². The summed E-state index contributed by atoms with van der Waals surface area (Å²) < 4.78 is 0. The van der Waals surface area contributed by atoms with E-state index in [-0.39, 0.29) is 6.10 Å². The van der Waals surface area contributed by atoms with Crippen molar-refractivity contribution < 1.29 is 5.11 Å². The molecule has 2 N–H and O–H groups in total. The summed E-state index contributed by atoms with van der Waals surface area (Å²) in [7, 11) is 2.15. The van der Waals surface area contributed by atoms with E-state index >= 15 is 0 Å². The summed E-state index contributed by atoms with van der Waals surface area (Å²) in [5, 5.41) is 13.2. The number of aliphatic hydroxyl groups excluding tert-OH is 1. The molecule has 0 amide bonds. The van der Waals surface area contributed by atoms with Gasteiger partial charge >= 0.3 is 0 Å². The van der Waals surface area contributed by atoms with Crippen LogP contribution in [-0.2, 0) is 0 Å². The molecule has 1 atom stereocenters. The first kappa shape index (κ1) is 11.4. The van der Waals surface area contributed by atoms with Crippen LogP contribution < -0.4 is 5.32 Å². The third kappa shape index (κ3) is 3.74. The van der Waals surface area contributed by atoms with E-state index in [1.54, 1.807) is 0 Å². The van der Waals surface area contributed by atoms with Gasteiger partial charge in [0.05, 0.1) is 6.10 Å². The number of hydrogen-bond donors (Lipinski definition) is 2. The van der Waals surface area contributed by atoms with Crippen molar-refractivity contribution in [2.75, 3.05) is 20.1 Å². The highest BCUT2D eigenvalue weighted by atomic mass is 16.3. The Labute approximate surface area is 92.8 Å². The lowest BCUT2D eigenvalue weighted by molar-refractivity contribution is 0.104. The van der Waals surface area contributed by atoms with Gasteiger partial charge in [0.25, 0.3) is 0 Å². The average molecular weight is 212 g/mol. The molecule has 2 rings (SSSR count). The van der Waals surface area contributed by atoms with Crippen LogP contribution in [0, 0.1) is 0 Å². The fraction of sp³-hybridized carbons (Fsp3) is 1.00. The Bertz CT molecular complexity index is 188. The van der Waals surface area contributed by atoms with Crippen molar-refractivity contribution in [2.45, 2.75) is 56.7 Å². The van der Waals surface area contributed by atoms with Crippen LogP contribution in [0.3, 0.4) is 0 Å². The summed E-state index contributed by atoms with van der Waals surface area (Å²) in [4.78, 5) is 2.34. The van der Waals surface area contributed by atoms with Crippen LogP contribution in [0.15, 0.2) is 0 Å². The fourth-order valence-electron chi connectivity index (χ4n) is 2.48. The molecule has 3 heteroatoms. The minimum atomic E-state index is -0.198. The second-order valence-electron chi connectivity index (χ2n) is 5.21. The van der Waals surface area contributed by atoms with Gasteiger partial charge in [-0.3, -0.25) is 0 Å². The van der Waals surface area contributed by atoms with Gasteiger partial charge < -0.3 is 15.3 Å². The number of hydrogen-bond acceptors (Lipinski definition) is 3. The van der Waals surface area contributed by atoms with Crippen LogP contribution in [0.25, 0.3) is 0 Å². The predicted octanol–water partition coefficient (Wildman–Crippen LogP) is 0.974. The summed E-state index contributed by atoms with van der Waals surface area (Å²) in [5.74, 6) is 0. The first-order chi connectivity index (χ1) is 7.25. The highest BCUT2D eigenvalue weighted by Crippen LogP contribution is 2.22. The summed E-state index contributed by atoms with van der Waals surface area (Å²) in [6.45, 7) is 1.59. The average Bonchev–Trinajstić information content (AvgIpc) is 2.87. The van der Waals surface area contributed by atoms with Gasteiger partial charge in [-0.1, -0.05) is 12.8 Å². The van der Waals surface area contributed by atoms with E-state index in [4.69, 9.17) is 0 Å². The Morgan fingerprint density at radius 1 is 1.27 bits per heavy atom. The van der Waals surface area contributed by atoms with Crippen LogP contribution in [0.4, 0.5) is 0 Å². The van der Waals surface area contributed by atoms with E-state index in [0.717, 1.165) is 19.1 Å². The highest BCUT2D eigenvalue weighted by molar-refractivity contribution is 4.83. The Balaban J connectivity index is 1.60. The number of aliphatic hydroxyl groups is 1. The molecular formula is C12H24N2O. The smallest absolute Gasteiger partial charge is 0.0791 e. The van der Waals surface area contributed by atoms with Crippen LogP contribution in [0.2, 0.25) is 0 Å². The van der Waals surface area contributed by atoms with Gasteiger partial charge in [0.2, 0.25) is 0 Å². The normalized spacial score (nSPS) is 25.0. The molecule has 0 saturated heterocycles. The summed E-state index contributed by atoms with van der Waals surface area (Å²) in [6, 6.07) is 1.43. The molecule has 0 bridgehead atoms. The number of rotatable bonds is 6.